The number of unbranched alkanes of at least 4 members (excludes halogenated alkanes) is 28. The van der Waals surface area contributed by atoms with Gasteiger partial charge in [-0.05, 0) is 12.8 Å². The van der Waals surface area contributed by atoms with Crippen molar-refractivity contribution < 1.29 is 19.1 Å². The average molecular weight is 593 g/mol. The minimum absolute atomic E-state index is 0.426. The maximum Gasteiger partial charge on any atom is 0.331 e. The molecule has 0 atom stereocenters. The summed E-state index contributed by atoms with van der Waals surface area (Å²) in [7, 11) is 0. The van der Waals surface area contributed by atoms with Gasteiger partial charge in [0.1, 0.15) is 0 Å². The highest BCUT2D eigenvalue weighted by Gasteiger charge is 2.02. The Balaban J connectivity index is 3.33. The predicted molar refractivity (Wildman–Crippen MR) is 181 cm³/mol. The molecule has 0 aliphatic rings. The van der Waals surface area contributed by atoms with Gasteiger partial charge in [0.25, 0.3) is 0 Å². The van der Waals surface area contributed by atoms with Gasteiger partial charge in [0, 0.05) is 12.2 Å². The molecule has 0 saturated heterocycles. The summed E-state index contributed by atoms with van der Waals surface area (Å²) in [4.78, 5) is 23.6. The molecule has 0 aromatic rings. The van der Waals surface area contributed by atoms with Gasteiger partial charge in [0.05, 0.1) is 13.2 Å². The highest BCUT2D eigenvalue weighted by molar-refractivity contribution is 5.91. The summed E-state index contributed by atoms with van der Waals surface area (Å²) in [6, 6.07) is 0. The molecule has 0 aromatic heterocycles. The lowest BCUT2D eigenvalue weighted by atomic mass is 10.0. The molecular weight excluding hydrogens is 520 g/mol. The molecule has 0 bridgehead atoms. The second-order valence-electron chi connectivity index (χ2n) is 12.6. The molecule has 0 N–H and O–H groups in total. The highest BCUT2D eigenvalue weighted by Crippen LogP contribution is 2.15. The van der Waals surface area contributed by atoms with Crippen LogP contribution in [0.3, 0.4) is 0 Å². The fourth-order valence-electron chi connectivity index (χ4n) is 5.52. The summed E-state index contributed by atoms with van der Waals surface area (Å²) >= 11 is 0. The first-order valence-electron chi connectivity index (χ1n) is 18.7. The number of esters is 2. The molecule has 0 aliphatic heterocycles. The zero-order valence-electron chi connectivity index (χ0n) is 28.4. The van der Waals surface area contributed by atoms with Crippen LogP contribution in [0.4, 0.5) is 0 Å². The predicted octanol–water partition coefficient (Wildman–Crippen LogP) is 12.4. The number of rotatable bonds is 34. The van der Waals surface area contributed by atoms with E-state index < -0.39 is 11.9 Å². The first-order valence-corrected chi connectivity index (χ1v) is 18.7. The van der Waals surface area contributed by atoms with E-state index >= 15 is 0 Å². The Morgan fingerprint density at radius 2 is 0.524 bits per heavy atom. The van der Waals surface area contributed by atoms with Crippen molar-refractivity contribution in [3.05, 3.63) is 12.2 Å². The quantitative estimate of drug-likeness (QED) is 0.0423. The minimum Gasteiger partial charge on any atom is -0.463 e. The van der Waals surface area contributed by atoms with E-state index in [4.69, 9.17) is 9.47 Å². The zero-order chi connectivity index (χ0) is 30.6. The van der Waals surface area contributed by atoms with Crippen molar-refractivity contribution in [2.24, 2.45) is 0 Å². The Kier molecular flexibility index (Phi) is 34.7. The lowest BCUT2D eigenvalue weighted by Gasteiger charge is -2.04. The summed E-state index contributed by atoms with van der Waals surface area (Å²) in [6.07, 6.45) is 41.8. The van der Waals surface area contributed by atoms with Crippen molar-refractivity contribution in [2.75, 3.05) is 13.2 Å². The third-order valence-corrected chi connectivity index (χ3v) is 8.34. The molecule has 0 fully saturated rings. The van der Waals surface area contributed by atoms with Gasteiger partial charge in [0.15, 0.2) is 0 Å². The molecule has 0 spiro atoms. The summed E-state index contributed by atoms with van der Waals surface area (Å²) in [5.74, 6) is -0.909. The number of hydrogen-bond acceptors (Lipinski definition) is 4. The average Bonchev–Trinajstić information content (AvgIpc) is 2.99. The Morgan fingerprint density at radius 3 is 0.738 bits per heavy atom. The van der Waals surface area contributed by atoms with Crippen molar-refractivity contribution in [1.82, 2.24) is 0 Å². The van der Waals surface area contributed by atoms with Crippen LogP contribution in [0.15, 0.2) is 12.2 Å². The molecule has 4 heteroatoms. The first-order chi connectivity index (χ1) is 20.7. The van der Waals surface area contributed by atoms with Crippen molar-refractivity contribution >= 4 is 11.9 Å². The van der Waals surface area contributed by atoms with E-state index in [2.05, 4.69) is 13.8 Å². The lowest BCUT2D eigenvalue weighted by molar-refractivity contribution is -0.140. The van der Waals surface area contributed by atoms with Crippen LogP contribution in [-0.4, -0.2) is 25.2 Å². The Hall–Kier alpha value is -1.32. The number of ether oxygens (including phenoxy) is 2. The van der Waals surface area contributed by atoms with Crippen LogP contribution in [0.2, 0.25) is 0 Å². The molecule has 0 aliphatic carbocycles. The molecule has 42 heavy (non-hydrogen) atoms. The summed E-state index contributed by atoms with van der Waals surface area (Å²) in [5, 5.41) is 0. The van der Waals surface area contributed by atoms with Gasteiger partial charge >= 0.3 is 11.9 Å². The highest BCUT2D eigenvalue weighted by atomic mass is 16.5. The summed E-state index contributed by atoms with van der Waals surface area (Å²) in [5.41, 5.74) is 0. The van der Waals surface area contributed by atoms with Crippen molar-refractivity contribution in [1.29, 1.82) is 0 Å². The number of hydrogen-bond donors (Lipinski definition) is 0. The molecular formula is C38H72O4. The van der Waals surface area contributed by atoms with Crippen LogP contribution >= 0.6 is 0 Å². The normalized spacial score (nSPS) is 11.4. The van der Waals surface area contributed by atoms with Crippen molar-refractivity contribution in [3.63, 3.8) is 0 Å². The van der Waals surface area contributed by atoms with E-state index in [0.29, 0.717) is 13.2 Å². The third-order valence-electron chi connectivity index (χ3n) is 8.34. The van der Waals surface area contributed by atoms with Crippen LogP contribution < -0.4 is 0 Å². The molecule has 0 radical (unpaired) electrons. The number of carbonyl (C=O) groups is 2. The van der Waals surface area contributed by atoms with Crippen LogP contribution in [0.25, 0.3) is 0 Å². The van der Waals surface area contributed by atoms with Gasteiger partial charge in [-0.3, -0.25) is 0 Å². The van der Waals surface area contributed by atoms with Crippen LogP contribution in [0.1, 0.15) is 206 Å². The topological polar surface area (TPSA) is 52.6 Å². The SMILES string of the molecule is CCCCCCCCCCCCCCCCCOC(=O)/C=C/C(=O)OCCCCCCCCCCCCCCCCC. The summed E-state index contributed by atoms with van der Waals surface area (Å²) in [6.45, 7) is 5.40. The maximum atomic E-state index is 11.8. The van der Waals surface area contributed by atoms with E-state index in [1.807, 2.05) is 0 Å². The second-order valence-corrected chi connectivity index (χ2v) is 12.6. The standard InChI is InChI=1S/C38H72O4/c1-3-5-7-9-11-13-15-17-19-21-23-25-27-29-31-35-41-37(39)33-34-38(40)42-36-32-30-28-26-24-22-20-18-16-14-12-10-8-6-4-2/h33-34H,3-32,35-36H2,1-2H3/b34-33+. The molecule has 248 valence electrons. The Labute approximate surface area is 262 Å². The molecule has 4 nitrogen and oxygen atoms in total. The smallest absolute Gasteiger partial charge is 0.331 e. The molecule has 0 heterocycles. The van der Waals surface area contributed by atoms with E-state index in [0.717, 1.165) is 25.7 Å². The van der Waals surface area contributed by atoms with Gasteiger partial charge in [-0.15, -0.1) is 0 Å². The van der Waals surface area contributed by atoms with Crippen molar-refractivity contribution in [3.8, 4) is 0 Å². The lowest BCUT2D eigenvalue weighted by Crippen LogP contribution is -2.06. The summed E-state index contributed by atoms with van der Waals surface area (Å²) < 4.78 is 10.4. The maximum absolute atomic E-state index is 11.8. The monoisotopic (exact) mass is 593 g/mol. The van der Waals surface area contributed by atoms with Gasteiger partial charge in [-0.1, -0.05) is 194 Å². The minimum atomic E-state index is -0.454. The molecule has 0 amide bonds. The number of carbonyl (C=O) groups excluding carboxylic acids is 2. The first kappa shape index (κ1) is 40.7. The molecule has 0 aromatic carbocycles. The molecule has 0 rings (SSSR count). The third kappa shape index (κ3) is 34.9. The van der Waals surface area contributed by atoms with E-state index in [-0.39, 0.29) is 0 Å². The Morgan fingerprint density at radius 1 is 0.333 bits per heavy atom. The van der Waals surface area contributed by atoms with Crippen LogP contribution in [0.5, 0.6) is 0 Å². The van der Waals surface area contributed by atoms with E-state index in [1.54, 1.807) is 0 Å². The van der Waals surface area contributed by atoms with Gasteiger partial charge in [0.2, 0.25) is 0 Å². The van der Waals surface area contributed by atoms with E-state index in [9.17, 15) is 9.59 Å². The molecule has 0 saturated carbocycles. The van der Waals surface area contributed by atoms with E-state index in [1.165, 1.54) is 179 Å². The van der Waals surface area contributed by atoms with Gasteiger partial charge in [-0.25, -0.2) is 9.59 Å². The second kappa shape index (κ2) is 35.9. The Bertz CT molecular complexity index is 536. The molecule has 0 unspecified atom stereocenters. The fraction of sp³-hybridized carbons (Fsp3) is 0.895. The van der Waals surface area contributed by atoms with Crippen LogP contribution in [-0.2, 0) is 19.1 Å². The van der Waals surface area contributed by atoms with Gasteiger partial charge in [-0.2, -0.15) is 0 Å². The largest absolute Gasteiger partial charge is 0.463 e. The fourth-order valence-corrected chi connectivity index (χ4v) is 5.52. The van der Waals surface area contributed by atoms with Crippen molar-refractivity contribution in [2.45, 2.75) is 206 Å². The van der Waals surface area contributed by atoms with Gasteiger partial charge < -0.3 is 9.47 Å². The zero-order valence-corrected chi connectivity index (χ0v) is 28.4. The van der Waals surface area contributed by atoms with Crippen LogP contribution in [0, 0.1) is 0 Å².